The molecule has 1 aromatic carbocycles. The van der Waals surface area contributed by atoms with Crippen molar-refractivity contribution in [3.8, 4) is 11.4 Å². The number of benzene rings is 1. The van der Waals surface area contributed by atoms with Crippen molar-refractivity contribution in [2.24, 2.45) is 5.73 Å². The van der Waals surface area contributed by atoms with Crippen LogP contribution in [0.15, 0.2) is 36.2 Å². The predicted octanol–water partition coefficient (Wildman–Crippen LogP) is 1.16. The maximum absolute atomic E-state index is 12.3. The molecule has 0 saturated heterocycles. The molecule has 0 spiro atoms. The van der Waals surface area contributed by atoms with Crippen LogP contribution in [0.4, 0.5) is 4.39 Å². The average Bonchev–Trinajstić information content (AvgIpc) is 2.87. The first-order valence-electron chi connectivity index (χ1n) is 5.71. The van der Waals surface area contributed by atoms with Crippen LogP contribution < -0.4 is 10.5 Å². The molecule has 2 aromatic rings. The number of nitrogens with two attached hydrogens (primary N) is 1. The first kappa shape index (κ1) is 13.2. The standard InChI is InChI=1S/C12H14FN5O/c1-9-15-17-18(16-9)11-2-4-12(5-3-11)19-8-10(6-13)7-14/h2-6H,7-8,14H2,1H3/b10-6-. The van der Waals surface area contributed by atoms with E-state index in [1.807, 2.05) is 0 Å². The molecule has 0 unspecified atom stereocenters. The van der Waals surface area contributed by atoms with E-state index in [-0.39, 0.29) is 13.2 Å². The molecule has 6 nitrogen and oxygen atoms in total. The second kappa shape index (κ2) is 6.05. The highest BCUT2D eigenvalue weighted by molar-refractivity contribution is 5.35. The molecule has 0 bridgehead atoms. The van der Waals surface area contributed by atoms with E-state index in [0.717, 1.165) is 5.69 Å². The Labute approximate surface area is 109 Å². The fourth-order valence-electron chi connectivity index (χ4n) is 1.38. The summed E-state index contributed by atoms with van der Waals surface area (Å²) < 4.78 is 17.7. The SMILES string of the molecule is Cc1nnn(-c2ccc(OC/C(=C\F)CN)cc2)n1. The van der Waals surface area contributed by atoms with Crippen LogP contribution in [0.5, 0.6) is 5.75 Å². The molecular formula is C12H14FN5O. The van der Waals surface area contributed by atoms with Crippen LogP contribution in [0, 0.1) is 6.92 Å². The molecule has 0 radical (unpaired) electrons. The van der Waals surface area contributed by atoms with Gasteiger partial charge in [-0.05, 0) is 36.4 Å². The first-order chi connectivity index (χ1) is 9.22. The van der Waals surface area contributed by atoms with Crippen LogP contribution in [0.25, 0.3) is 5.69 Å². The number of ether oxygens (including phenoxy) is 1. The zero-order valence-electron chi connectivity index (χ0n) is 10.5. The summed E-state index contributed by atoms with van der Waals surface area (Å²) in [6, 6.07) is 7.08. The zero-order valence-corrected chi connectivity index (χ0v) is 10.5. The molecule has 100 valence electrons. The third-order valence-electron chi connectivity index (χ3n) is 2.42. The van der Waals surface area contributed by atoms with Gasteiger partial charge in [0.05, 0.1) is 12.0 Å². The van der Waals surface area contributed by atoms with Crippen LogP contribution in [0.2, 0.25) is 0 Å². The molecule has 1 aromatic heterocycles. The second-order valence-corrected chi connectivity index (χ2v) is 3.88. The summed E-state index contributed by atoms with van der Waals surface area (Å²) in [5, 5.41) is 11.8. The summed E-state index contributed by atoms with van der Waals surface area (Å²) in [5.74, 6) is 1.22. The summed E-state index contributed by atoms with van der Waals surface area (Å²) in [7, 11) is 0. The van der Waals surface area contributed by atoms with Gasteiger partial charge in [-0.1, -0.05) is 0 Å². The van der Waals surface area contributed by atoms with Crippen molar-refractivity contribution in [2.45, 2.75) is 6.92 Å². The van der Waals surface area contributed by atoms with Gasteiger partial charge in [-0.15, -0.1) is 15.0 Å². The highest BCUT2D eigenvalue weighted by Crippen LogP contribution is 2.14. The Hall–Kier alpha value is -2.28. The Balaban J connectivity index is 2.02. The topological polar surface area (TPSA) is 78.8 Å². The van der Waals surface area contributed by atoms with Gasteiger partial charge in [0.2, 0.25) is 0 Å². The Morgan fingerprint density at radius 1 is 1.42 bits per heavy atom. The van der Waals surface area contributed by atoms with Crippen molar-refractivity contribution in [3.05, 3.63) is 42.0 Å². The molecule has 0 aliphatic carbocycles. The van der Waals surface area contributed by atoms with Crippen molar-refractivity contribution in [1.29, 1.82) is 0 Å². The second-order valence-electron chi connectivity index (χ2n) is 3.88. The van der Waals surface area contributed by atoms with Gasteiger partial charge in [0.15, 0.2) is 5.82 Å². The number of halogens is 1. The molecule has 0 fully saturated rings. The minimum absolute atomic E-state index is 0.132. The van der Waals surface area contributed by atoms with Crippen molar-refractivity contribution in [1.82, 2.24) is 20.2 Å². The lowest BCUT2D eigenvalue weighted by Crippen LogP contribution is -2.10. The lowest BCUT2D eigenvalue weighted by atomic mass is 10.3. The maximum Gasteiger partial charge on any atom is 0.172 e. The van der Waals surface area contributed by atoms with E-state index in [2.05, 4.69) is 15.4 Å². The number of hydrogen-bond donors (Lipinski definition) is 1. The molecule has 7 heteroatoms. The van der Waals surface area contributed by atoms with Crippen LogP contribution in [0.3, 0.4) is 0 Å². The van der Waals surface area contributed by atoms with Crippen LogP contribution >= 0.6 is 0 Å². The van der Waals surface area contributed by atoms with Crippen LogP contribution in [-0.4, -0.2) is 33.4 Å². The largest absolute Gasteiger partial charge is 0.489 e. The van der Waals surface area contributed by atoms with Gasteiger partial charge in [-0.25, -0.2) is 4.39 Å². The van der Waals surface area contributed by atoms with Crippen molar-refractivity contribution < 1.29 is 9.13 Å². The van der Waals surface area contributed by atoms with Gasteiger partial charge in [-0.3, -0.25) is 0 Å². The summed E-state index contributed by atoms with van der Waals surface area (Å²) in [6.07, 6.45) is 0.469. The van der Waals surface area contributed by atoms with Gasteiger partial charge >= 0.3 is 0 Å². The van der Waals surface area contributed by atoms with E-state index in [9.17, 15) is 4.39 Å². The Morgan fingerprint density at radius 2 is 2.16 bits per heavy atom. The summed E-state index contributed by atoms with van der Waals surface area (Å²) in [6.45, 7) is 2.03. The van der Waals surface area contributed by atoms with E-state index in [0.29, 0.717) is 23.5 Å². The highest BCUT2D eigenvalue weighted by atomic mass is 19.1. The Morgan fingerprint density at radius 3 is 2.68 bits per heavy atom. The monoisotopic (exact) mass is 263 g/mol. The molecule has 19 heavy (non-hydrogen) atoms. The minimum Gasteiger partial charge on any atom is -0.489 e. The molecule has 1 heterocycles. The van der Waals surface area contributed by atoms with Gasteiger partial charge in [0, 0.05) is 12.1 Å². The zero-order chi connectivity index (χ0) is 13.7. The molecule has 2 rings (SSSR count). The number of tetrazole rings is 1. The smallest absolute Gasteiger partial charge is 0.172 e. The molecular weight excluding hydrogens is 249 g/mol. The molecule has 0 aliphatic heterocycles. The van der Waals surface area contributed by atoms with Crippen LogP contribution in [0.1, 0.15) is 5.82 Å². The average molecular weight is 263 g/mol. The molecule has 0 aliphatic rings. The summed E-state index contributed by atoms with van der Waals surface area (Å²) >= 11 is 0. The number of aromatic nitrogens is 4. The molecule has 0 amide bonds. The van der Waals surface area contributed by atoms with Crippen molar-refractivity contribution in [3.63, 3.8) is 0 Å². The van der Waals surface area contributed by atoms with Gasteiger partial charge in [0.1, 0.15) is 12.4 Å². The van der Waals surface area contributed by atoms with E-state index in [1.54, 1.807) is 31.2 Å². The highest BCUT2D eigenvalue weighted by Gasteiger charge is 2.02. The van der Waals surface area contributed by atoms with Gasteiger partial charge in [-0.2, -0.15) is 0 Å². The fraction of sp³-hybridized carbons (Fsp3) is 0.250. The molecule has 0 atom stereocenters. The Kier molecular flexibility index (Phi) is 4.19. The predicted molar refractivity (Wildman–Crippen MR) is 67.6 cm³/mol. The third kappa shape index (κ3) is 3.35. The molecule has 0 saturated carbocycles. The fourth-order valence-corrected chi connectivity index (χ4v) is 1.38. The lowest BCUT2D eigenvalue weighted by molar-refractivity contribution is 0.347. The normalized spacial score (nSPS) is 11.6. The summed E-state index contributed by atoms with van der Waals surface area (Å²) in [5.41, 5.74) is 6.51. The molecule has 2 N–H and O–H groups in total. The Bertz CT molecular complexity index is 564. The van der Waals surface area contributed by atoms with Gasteiger partial charge < -0.3 is 10.5 Å². The number of hydrogen-bond acceptors (Lipinski definition) is 5. The number of aryl methyl sites for hydroxylation is 1. The minimum atomic E-state index is 0.132. The van der Waals surface area contributed by atoms with E-state index in [1.165, 1.54) is 4.80 Å². The summed E-state index contributed by atoms with van der Waals surface area (Å²) in [4.78, 5) is 1.42. The first-order valence-corrected chi connectivity index (χ1v) is 5.71. The third-order valence-corrected chi connectivity index (χ3v) is 2.42. The van der Waals surface area contributed by atoms with Crippen molar-refractivity contribution >= 4 is 0 Å². The quantitative estimate of drug-likeness (QED) is 0.875. The number of nitrogens with zero attached hydrogens (tertiary/aromatic N) is 4. The number of rotatable bonds is 5. The lowest BCUT2D eigenvalue weighted by Gasteiger charge is -2.07. The van der Waals surface area contributed by atoms with E-state index < -0.39 is 0 Å². The van der Waals surface area contributed by atoms with Crippen molar-refractivity contribution in [2.75, 3.05) is 13.2 Å². The van der Waals surface area contributed by atoms with Crippen LogP contribution in [-0.2, 0) is 0 Å². The van der Waals surface area contributed by atoms with E-state index >= 15 is 0 Å². The maximum atomic E-state index is 12.3. The van der Waals surface area contributed by atoms with Gasteiger partial charge in [0.25, 0.3) is 0 Å². The van der Waals surface area contributed by atoms with E-state index in [4.69, 9.17) is 10.5 Å².